The molecule has 0 aliphatic heterocycles. The van der Waals surface area contributed by atoms with Crippen LogP contribution in [-0.2, 0) is 0 Å². The molecular weight excluding hydrogens is 270 g/mol. The fourth-order valence-electron chi connectivity index (χ4n) is 1.66. The molecule has 1 aromatic heterocycles. The first-order valence-corrected chi connectivity index (χ1v) is 6.20. The largest absolute Gasteiger partial charge is 0.493 e. The summed E-state index contributed by atoms with van der Waals surface area (Å²) in [6.45, 7) is 0. The molecule has 0 saturated heterocycles. The summed E-state index contributed by atoms with van der Waals surface area (Å²) in [5.74, 6) is 0.911. The minimum absolute atomic E-state index is 0.320. The van der Waals surface area contributed by atoms with Crippen LogP contribution < -0.4 is 14.9 Å². The van der Waals surface area contributed by atoms with Crippen LogP contribution in [0.2, 0.25) is 0 Å². The van der Waals surface area contributed by atoms with Crippen molar-refractivity contribution < 1.29 is 14.3 Å². The van der Waals surface area contributed by atoms with Crippen LogP contribution in [0.1, 0.15) is 15.9 Å². The Kier molecular flexibility index (Phi) is 4.87. The van der Waals surface area contributed by atoms with Crippen molar-refractivity contribution in [1.29, 1.82) is 0 Å². The van der Waals surface area contributed by atoms with Crippen LogP contribution in [-0.4, -0.2) is 31.3 Å². The van der Waals surface area contributed by atoms with E-state index in [0.717, 1.165) is 5.56 Å². The lowest BCUT2D eigenvalue weighted by Gasteiger charge is -2.07. The Labute approximate surface area is 122 Å². The van der Waals surface area contributed by atoms with E-state index < -0.39 is 0 Å². The Morgan fingerprint density at radius 2 is 2.05 bits per heavy atom. The zero-order chi connectivity index (χ0) is 15.1. The van der Waals surface area contributed by atoms with Crippen molar-refractivity contribution in [3.63, 3.8) is 0 Å². The molecule has 0 aliphatic carbocycles. The van der Waals surface area contributed by atoms with E-state index in [1.165, 1.54) is 12.4 Å². The van der Waals surface area contributed by atoms with E-state index in [4.69, 9.17) is 9.47 Å². The fourth-order valence-corrected chi connectivity index (χ4v) is 1.66. The van der Waals surface area contributed by atoms with Gasteiger partial charge in [0, 0.05) is 12.4 Å². The molecule has 6 heteroatoms. The lowest BCUT2D eigenvalue weighted by Crippen LogP contribution is -2.17. The van der Waals surface area contributed by atoms with Crippen molar-refractivity contribution in [1.82, 2.24) is 10.4 Å². The summed E-state index contributed by atoms with van der Waals surface area (Å²) >= 11 is 0. The van der Waals surface area contributed by atoms with Crippen LogP contribution in [0.5, 0.6) is 11.5 Å². The quantitative estimate of drug-likeness (QED) is 0.672. The Balaban J connectivity index is 2.03. The molecule has 1 N–H and O–H groups in total. The maximum absolute atomic E-state index is 11.7. The number of aromatic nitrogens is 1. The predicted molar refractivity (Wildman–Crippen MR) is 78.8 cm³/mol. The molecule has 1 heterocycles. The maximum atomic E-state index is 11.7. The first kappa shape index (κ1) is 14.5. The number of pyridine rings is 1. The smallest absolute Gasteiger partial charge is 0.272 e. The Bertz CT molecular complexity index is 642. The van der Waals surface area contributed by atoms with Crippen molar-refractivity contribution in [2.24, 2.45) is 5.10 Å². The summed E-state index contributed by atoms with van der Waals surface area (Å²) in [7, 11) is 3.13. The number of amides is 1. The zero-order valence-corrected chi connectivity index (χ0v) is 11.7. The third kappa shape index (κ3) is 3.79. The van der Waals surface area contributed by atoms with Gasteiger partial charge in [-0.25, -0.2) is 5.43 Å². The summed E-state index contributed by atoms with van der Waals surface area (Å²) < 4.78 is 10.3. The highest BCUT2D eigenvalue weighted by Crippen LogP contribution is 2.26. The monoisotopic (exact) mass is 285 g/mol. The van der Waals surface area contributed by atoms with Gasteiger partial charge < -0.3 is 9.47 Å². The topological polar surface area (TPSA) is 72.8 Å². The maximum Gasteiger partial charge on any atom is 0.272 e. The van der Waals surface area contributed by atoms with Gasteiger partial charge in [-0.2, -0.15) is 5.10 Å². The minimum atomic E-state index is -0.320. The van der Waals surface area contributed by atoms with Gasteiger partial charge in [-0.3, -0.25) is 9.78 Å². The van der Waals surface area contributed by atoms with Gasteiger partial charge >= 0.3 is 0 Å². The average Bonchev–Trinajstić information content (AvgIpc) is 2.55. The van der Waals surface area contributed by atoms with Crippen LogP contribution in [0.25, 0.3) is 0 Å². The molecule has 1 aromatic carbocycles. The molecule has 0 saturated carbocycles. The molecule has 21 heavy (non-hydrogen) atoms. The second kappa shape index (κ2) is 7.04. The van der Waals surface area contributed by atoms with E-state index in [2.05, 4.69) is 15.5 Å². The van der Waals surface area contributed by atoms with Gasteiger partial charge in [0.2, 0.25) is 0 Å². The number of hydrazone groups is 1. The van der Waals surface area contributed by atoms with E-state index in [-0.39, 0.29) is 5.91 Å². The normalized spacial score (nSPS) is 10.4. The Morgan fingerprint density at radius 3 is 2.71 bits per heavy atom. The van der Waals surface area contributed by atoms with Crippen LogP contribution in [0.3, 0.4) is 0 Å². The molecule has 0 aliphatic rings. The van der Waals surface area contributed by atoms with Gasteiger partial charge in [0.25, 0.3) is 5.91 Å². The Morgan fingerprint density at radius 1 is 1.24 bits per heavy atom. The second-order valence-electron chi connectivity index (χ2n) is 4.06. The summed E-state index contributed by atoms with van der Waals surface area (Å²) in [6, 6.07) is 8.68. The molecule has 2 aromatic rings. The van der Waals surface area contributed by atoms with Crippen molar-refractivity contribution >= 4 is 12.1 Å². The third-order valence-electron chi connectivity index (χ3n) is 2.71. The van der Waals surface area contributed by atoms with Crippen LogP contribution >= 0.6 is 0 Å². The number of nitrogens with one attached hydrogen (secondary N) is 1. The van der Waals surface area contributed by atoms with Crippen molar-refractivity contribution in [3.8, 4) is 11.5 Å². The molecule has 0 atom stereocenters. The lowest BCUT2D eigenvalue weighted by molar-refractivity contribution is 0.0955. The predicted octanol–water partition coefficient (Wildman–Crippen LogP) is 1.86. The number of hydrogen-bond donors (Lipinski definition) is 1. The van der Waals surface area contributed by atoms with Crippen molar-refractivity contribution in [2.75, 3.05) is 14.2 Å². The highest BCUT2D eigenvalue weighted by atomic mass is 16.5. The van der Waals surface area contributed by atoms with Crippen molar-refractivity contribution in [3.05, 3.63) is 53.9 Å². The van der Waals surface area contributed by atoms with Gasteiger partial charge in [0.1, 0.15) is 0 Å². The SMILES string of the molecule is COc1ccc(C=NNC(=O)c2cccnc2)cc1OC. The number of rotatable bonds is 5. The first-order valence-electron chi connectivity index (χ1n) is 6.20. The molecule has 0 spiro atoms. The summed E-state index contributed by atoms with van der Waals surface area (Å²) in [5, 5.41) is 3.90. The second-order valence-corrected chi connectivity index (χ2v) is 4.06. The van der Waals surface area contributed by atoms with Gasteiger partial charge in [-0.1, -0.05) is 0 Å². The van der Waals surface area contributed by atoms with E-state index in [1.807, 2.05) is 0 Å². The van der Waals surface area contributed by atoms with E-state index in [0.29, 0.717) is 17.1 Å². The molecule has 2 rings (SSSR count). The third-order valence-corrected chi connectivity index (χ3v) is 2.71. The number of benzene rings is 1. The van der Waals surface area contributed by atoms with Crippen LogP contribution in [0, 0.1) is 0 Å². The highest BCUT2D eigenvalue weighted by Gasteiger charge is 2.04. The number of nitrogens with zero attached hydrogens (tertiary/aromatic N) is 2. The molecule has 0 bridgehead atoms. The average molecular weight is 285 g/mol. The van der Waals surface area contributed by atoms with E-state index >= 15 is 0 Å². The molecule has 6 nitrogen and oxygen atoms in total. The number of hydrogen-bond acceptors (Lipinski definition) is 5. The number of methoxy groups -OCH3 is 2. The first-order chi connectivity index (χ1) is 10.2. The van der Waals surface area contributed by atoms with Crippen LogP contribution in [0.4, 0.5) is 0 Å². The van der Waals surface area contributed by atoms with Gasteiger partial charge in [0.05, 0.1) is 26.0 Å². The number of carbonyl (C=O) groups is 1. The lowest BCUT2D eigenvalue weighted by atomic mass is 10.2. The van der Waals surface area contributed by atoms with Crippen LogP contribution in [0.15, 0.2) is 47.8 Å². The molecule has 0 fully saturated rings. The molecule has 108 valence electrons. The summed E-state index contributed by atoms with van der Waals surface area (Å²) in [5.41, 5.74) is 3.66. The van der Waals surface area contributed by atoms with E-state index in [9.17, 15) is 4.79 Å². The molecular formula is C15H15N3O3. The van der Waals surface area contributed by atoms with Gasteiger partial charge in [0.15, 0.2) is 11.5 Å². The summed E-state index contributed by atoms with van der Waals surface area (Å²) in [6.07, 6.45) is 4.60. The minimum Gasteiger partial charge on any atom is -0.493 e. The standard InChI is InChI=1S/C15H15N3O3/c1-20-13-6-5-11(8-14(13)21-2)9-17-18-15(19)12-4-3-7-16-10-12/h3-10H,1-2H3,(H,18,19). The number of carbonyl (C=O) groups excluding carboxylic acids is 1. The van der Waals surface area contributed by atoms with Gasteiger partial charge in [-0.05, 0) is 35.9 Å². The summed E-state index contributed by atoms with van der Waals surface area (Å²) in [4.78, 5) is 15.6. The number of ether oxygens (including phenoxy) is 2. The Hall–Kier alpha value is -2.89. The highest BCUT2D eigenvalue weighted by molar-refractivity contribution is 5.94. The van der Waals surface area contributed by atoms with E-state index in [1.54, 1.807) is 50.7 Å². The fraction of sp³-hybridized carbons (Fsp3) is 0.133. The molecule has 0 radical (unpaired) electrons. The van der Waals surface area contributed by atoms with Gasteiger partial charge in [-0.15, -0.1) is 0 Å². The molecule has 0 unspecified atom stereocenters. The van der Waals surface area contributed by atoms with Crippen molar-refractivity contribution in [2.45, 2.75) is 0 Å². The zero-order valence-electron chi connectivity index (χ0n) is 11.7. The molecule has 1 amide bonds.